The highest BCUT2D eigenvalue weighted by Gasteiger charge is 2.19. The lowest BCUT2D eigenvalue weighted by Crippen LogP contribution is -2.44. The summed E-state index contributed by atoms with van der Waals surface area (Å²) in [5.41, 5.74) is 2.24. The van der Waals surface area contributed by atoms with Gasteiger partial charge in [-0.05, 0) is 36.2 Å². The Hall–Kier alpha value is -2.60. The number of anilines is 1. The molecule has 0 unspecified atom stereocenters. The summed E-state index contributed by atoms with van der Waals surface area (Å²) in [6.07, 6.45) is 0.943. The molecule has 150 valence electrons. The molecule has 3 rings (SSSR count). The Kier molecular flexibility index (Phi) is 7.25. The van der Waals surface area contributed by atoms with Gasteiger partial charge in [0.25, 0.3) is 0 Å². The fourth-order valence-corrected chi connectivity index (χ4v) is 3.43. The molecule has 2 aromatic carbocycles. The first kappa shape index (κ1) is 20.1. The number of para-hydroxylation sites is 1. The van der Waals surface area contributed by atoms with Gasteiger partial charge in [-0.3, -0.25) is 4.90 Å². The molecule has 1 aliphatic heterocycles. The average Bonchev–Trinajstić information content (AvgIpc) is 2.96. The number of carbonyl (C=O) groups excluding carboxylic acids is 1. The molecular weight excluding hydrogens is 355 g/mol. The van der Waals surface area contributed by atoms with Crippen molar-refractivity contribution in [3.63, 3.8) is 0 Å². The summed E-state index contributed by atoms with van der Waals surface area (Å²) >= 11 is 0. The largest absolute Gasteiger partial charge is 0.373 e. The molecule has 0 aromatic heterocycles. The standard InChI is InChI=1S/C22H29FN4O/c1-25(21-6-3-2-4-7-21)15-12-24-22(28)27-14-5-13-26(16-17-27)18-19-8-10-20(23)11-9-19/h2-4,6-11H,5,12-18H2,1H3,(H,24,28). The van der Waals surface area contributed by atoms with Gasteiger partial charge in [-0.1, -0.05) is 30.3 Å². The summed E-state index contributed by atoms with van der Waals surface area (Å²) in [7, 11) is 2.03. The van der Waals surface area contributed by atoms with Gasteiger partial charge in [-0.2, -0.15) is 0 Å². The van der Waals surface area contributed by atoms with Crippen molar-refractivity contribution in [2.75, 3.05) is 51.2 Å². The average molecular weight is 384 g/mol. The topological polar surface area (TPSA) is 38.8 Å². The van der Waals surface area contributed by atoms with Gasteiger partial charge >= 0.3 is 6.03 Å². The second-order valence-electron chi connectivity index (χ2n) is 7.23. The van der Waals surface area contributed by atoms with Crippen molar-refractivity contribution < 1.29 is 9.18 Å². The number of benzene rings is 2. The Morgan fingerprint density at radius 2 is 1.79 bits per heavy atom. The summed E-state index contributed by atoms with van der Waals surface area (Å²) < 4.78 is 13.1. The number of carbonyl (C=O) groups is 1. The van der Waals surface area contributed by atoms with Gasteiger partial charge in [0.15, 0.2) is 0 Å². The van der Waals surface area contributed by atoms with E-state index in [1.54, 1.807) is 0 Å². The van der Waals surface area contributed by atoms with Crippen molar-refractivity contribution in [3.05, 3.63) is 66.0 Å². The molecule has 0 radical (unpaired) electrons. The van der Waals surface area contributed by atoms with Crippen LogP contribution in [0.25, 0.3) is 0 Å². The number of amides is 2. The molecule has 1 N–H and O–H groups in total. The van der Waals surface area contributed by atoms with Crippen LogP contribution in [0.2, 0.25) is 0 Å². The number of urea groups is 1. The first-order valence-corrected chi connectivity index (χ1v) is 9.87. The normalized spacial score (nSPS) is 15.1. The van der Waals surface area contributed by atoms with Crippen molar-refractivity contribution in [1.29, 1.82) is 0 Å². The van der Waals surface area contributed by atoms with Crippen LogP contribution in [0.5, 0.6) is 0 Å². The van der Waals surface area contributed by atoms with Crippen LogP contribution < -0.4 is 10.2 Å². The summed E-state index contributed by atoms with van der Waals surface area (Å²) in [6, 6.07) is 16.8. The summed E-state index contributed by atoms with van der Waals surface area (Å²) in [4.78, 5) is 18.9. The van der Waals surface area contributed by atoms with Gasteiger partial charge in [-0.15, -0.1) is 0 Å². The SMILES string of the molecule is CN(CCNC(=O)N1CCCN(Cc2ccc(F)cc2)CC1)c1ccccc1. The van der Waals surface area contributed by atoms with Gasteiger partial charge in [0, 0.05) is 58.5 Å². The van der Waals surface area contributed by atoms with Crippen LogP contribution in [0.4, 0.5) is 14.9 Å². The second kappa shape index (κ2) is 10.1. The zero-order chi connectivity index (χ0) is 19.8. The van der Waals surface area contributed by atoms with Crippen LogP contribution in [0, 0.1) is 5.82 Å². The third-order valence-corrected chi connectivity index (χ3v) is 5.12. The molecule has 0 spiro atoms. The molecule has 1 saturated heterocycles. The molecule has 0 atom stereocenters. The molecule has 5 nitrogen and oxygen atoms in total. The van der Waals surface area contributed by atoms with Crippen LogP contribution in [-0.4, -0.2) is 62.1 Å². The van der Waals surface area contributed by atoms with Gasteiger partial charge in [0.1, 0.15) is 5.82 Å². The fraction of sp³-hybridized carbons (Fsp3) is 0.409. The highest BCUT2D eigenvalue weighted by molar-refractivity contribution is 5.74. The fourth-order valence-electron chi connectivity index (χ4n) is 3.43. The van der Waals surface area contributed by atoms with Gasteiger partial charge in [0.05, 0.1) is 0 Å². The Bertz CT molecular complexity index is 738. The van der Waals surface area contributed by atoms with Crippen LogP contribution in [-0.2, 0) is 6.54 Å². The molecule has 1 aliphatic rings. The van der Waals surface area contributed by atoms with Crippen molar-refractivity contribution in [1.82, 2.24) is 15.1 Å². The van der Waals surface area contributed by atoms with Crippen LogP contribution in [0.3, 0.4) is 0 Å². The molecular formula is C22H29FN4O. The lowest BCUT2D eigenvalue weighted by atomic mass is 10.2. The van der Waals surface area contributed by atoms with E-state index in [-0.39, 0.29) is 11.8 Å². The lowest BCUT2D eigenvalue weighted by Gasteiger charge is -2.24. The third-order valence-electron chi connectivity index (χ3n) is 5.12. The lowest BCUT2D eigenvalue weighted by molar-refractivity contribution is 0.198. The molecule has 28 heavy (non-hydrogen) atoms. The van der Waals surface area contributed by atoms with Crippen molar-refractivity contribution in [2.24, 2.45) is 0 Å². The van der Waals surface area contributed by atoms with Gasteiger partial charge < -0.3 is 15.1 Å². The van der Waals surface area contributed by atoms with E-state index in [2.05, 4.69) is 27.2 Å². The van der Waals surface area contributed by atoms with Gasteiger partial charge in [-0.25, -0.2) is 9.18 Å². The second-order valence-corrected chi connectivity index (χ2v) is 7.23. The predicted octanol–water partition coefficient (Wildman–Crippen LogP) is 3.18. The number of likely N-dealkylation sites (N-methyl/N-ethyl adjacent to an activating group) is 1. The van der Waals surface area contributed by atoms with E-state index < -0.39 is 0 Å². The van der Waals surface area contributed by atoms with E-state index in [1.165, 1.54) is 12.1 Å². The number of nitrogens with one attached hydrogen (secondary N) is 1. The minimum atomic E-state index is -0.208. The molecule has 0 saturated carbocycles. The van der Waals surface area contributed by atoms with E-state index in [0.717, 1.165) is 50.4 Å². The molecule has 0 aliphatic carbocycles. The van der Waals surface area contributed by atoms with Crippen molar-refractivity contribution in [3.8, 4) is 0 Å². The Morgan fingerprint density at radius 3 is 2.54 bits per heavy atom. The summed E-state index contributed by atoms with van der Waals surface area (Å²) in [6.45, 7) is 5.41. The van der Waals surface area contributed by atoms with Crippen LogP contribution in [0.1, 0.15) is 12.0 Å². The molecule has 2 aromatic rings. The number of halogens is 1. The van der Waals surface area contributed by atoms with E-state index in [1.807, 2.05) is 42.3 Å². The smallest absolute Gasteiger partial charge is 0.317 e. The number of hydrogen-bond donors (Lipinski definition) is 1. The van der Waals surface area contributed by atoms with Gasteiger partial charge in [0.2, 0.25) is 0 Å². The maximum atomic E-state index is 13.1. The highest BCUT2D eigenvalue weighted by Crippen LogP contribution is 2.11. The first-order chi connectivity index (χ1) is 13.6. The Balaban J connectivity index is 1.40. The van der Waals surface area contributed by atoms with E-state index >= 15 is 0 Å². The molecule has 6 heteroatoms. The number of hydrogen-bond acceptors (Lipinski definition) is 3. The molecule has 0 bridgehead atoms. The monoisotopic (exact) mass is 384 g/mol. The molecule has 1 fully saturated rings. The quantitative estimate of drug-likeness (QED) is 0.831. The number of rotatable bonds is 6. The minimum absolute atomic E-state index is 0.00472. The van der Waals surface area contributed by atoms with E-state index in [9.17, 15) is 9.18 Å². The Morgan fingerprint density at radius 1 is 1.04 bits per heavy atom. The third kappa shape index (κ3) is 5.96. The molecule has 2 amide bonds. The maximum Gasteiger partial charge on any atom is 0.317 e. The van der Waals surface area contributed by atoms with Crippen LogP contribution in [0.15, 0.2) is 54.6 Å². The maximum absolute atomic E-state index is 13.1. The van der Waals surface area contributed by atoms with E-state index in [4.69, 9.17) is 0 Å². The van der Waals surface area contributed by atoms with E-state index in [0.29, 0.717) is 13.1 Å². The highest BCUT2D eigenvalue weighted by atomic mass is 19.1. The summed E-state index contributed by atoms with van der Waals surface area (Å²) in [5.74, 6) is -0.208. The van der Waals surface area contributed by atoms with Crippen LogP contribution >= 0.6 is 0 Å². The zero-order valence-corrected chi connectivity index (χ0v) is 16.5. The zero-order valence-electron chi connectivity index (χ0n) is 16.5. The Labute approximate surface area is 166 Å². The molecule has 1 heterocycles. The number of nitrogens with zero attached hydrogens (tertiary/aromatic N) is 3. The predicted molar refractivity (Wildman–Crippen MR) is 111 cm³/mol. The minimum Gasteiger partial charge on any atom is -0.373 e. The first-order valence-electron chi connectivity index (χ1n) is 9.87. The van der Waals surface area contributed by atoms with Crippen molar-refractivity contribution >= 4 is 11.7 Å². The summed E-state index contributed by atoms with van der Waals surface area (Å²) in [5, 5.41) is 3.04. The van der Waals surface area contributed by atoms with Crippen molar-refractivity contribution in [2.45, 2.75) is 13.0 Å².